The normalized spacial score (nSPS) is 10.3. The first kappa shape index (κ1) is 10.9. The van der Waals surface area contributed by atoms with Gasteiger partial charge >= 0.3 is 0 Å². The number of aliphatic hydroxyl groups is 1. The van der Waals surface area contributed by atoms with Crippen LogP contribution in [0.5, 0.6) is 0 Å². The first-order valence-corrected chi connectivity index (χ1v) is 4.72. The van der Waals surface area contributed by atoms with Crippen LogP contribution < -0.4 is 0 Å². The molecule has 0 saturated heterocycles. The van der Waals surface area contributed by atoms with Gasteiger partial charge in [0.05, 0.1) is 11.9 Å². The first-order chi connectivity index (χ1) is 5.13. The van der Waals surface area contributed by atoms with Crippen LogP contribution in [-0.2, 0) is 4.79 Å². The van der Waals surface area contributed by atoms with Crippen molar-refractivity contribution in [2.45, 2.75) is 19.9 Å². The molecule has 0 atom stereocenters. The van der Waals surface area contributed by atoms with Crippen molar-refractivity contribution in [1.29, 1.82) is 0 Å². The Labute approximate surface area is 75.5 Å². The Morgan fingerprint density at radius 1 is 1.64 bits per heavy atom. The highest BCUT2D eigenvalue weighted by atomic mass is 79.9. The number of nitrogens with zero attached hydrogens (tertiary/aromatic N) is 1. The summed E-state index contributed by atoms with van der Waals surface area (Å²) in [5, 5.41) is 8.95. The van der Waals surface area contributed by atoms with Crippen molar-refractivity contribution in [3.8, 4) is 0 Å². The third kappa shape index (κ3) is 3.72. The highest BCUT2D eigenvalue weighted by Gasteiger charge is 2.13. The zero-order valence-corrected chi connectivity index (χ0v) is 8.47. The van der Waals surface area contributed by atoms with Gasteiger partial charge in [-0.15, -0.1) is 0 Å². The van der Waals surface area contributed by atoms with Crippen LogP contribution in [0.3, 0.4) is 0 Å². The molecule has 0 fully saturated rings. The molecule has 0 aliphatic carbocycles. The summed E-state index contributed by atoms with van der Waals surface area (Å²) >= 11 is 3.08. The van der Waals surface area contributed by atoms with Gasteiger partial charge in [0.1, 0.15) is 0 Å². The molecular weight excluding hydrogens is 210 g/mol. The molecular formula is C7H14BrNO2. The molecule has 3 nitrogen and oxygen atoms in total. The SMILES string of the molecule is CC(C)N(CCO)C(=O)CBr. The Bertz CT molecular complexity index is 128. The van der Waals surface area contributed by atoms with E-state index in [1.807, 2.05) is 13.8 Å². The van der Waals surface area contributed by atoms with E-state index in [1.165, 1.54) is 0 Å². The van der Waals surface area contributed by atoms with Gasteiger partial charge in [-0.1, -0.05) is 15.9 Å². The molecule has 0 rings (SSSR count). The fourth-order valence-corrected chi connectivity index (χ4v) is 1.18. The quantitative estimate of drug-likeness (QED) is 0.711. The van der Waals surface area contributed by atoms with Crippen molar-refractivity contribution in [1.82, 2.24) is 4.90 Å². The van der Waals surface area contributed by atoms with E-state index in [4.69, 9.17) is 5.11 Å². The van der Waals surface area contributed by atoms with Crippen LogP contribution in [0.15, 0.2) is 0 Å². The van der Waals surface area contributed by atoms with Gasteiger partial charge in [0.25, 0.3) is 0 Å². The lowest BCUT2D eigenvalue weighted by Gasteiger charge is -2.24. The largest absolute Gasteiger partial charge is 0.395 e. The second kappa shape index (κ2) is 5.55. The van der Waals surface area contributed by atoms with Crippen LogP contribution in [0.25, 0.3) is 0 Å². The summed E-state index contributed by atoms with van der Waals surface area (Å²) in [5.74, 6) is 0.0223. The third-order valence-electron chi connectivity index (χ3n) is 1.40. The molecule has 0 aromatic heterocycles. The van der Waals surface area contributed by atoms with Crippen LogP contribution >= 0.6 is 15.9 Å². The van der Waals surface area contributed by atoms with Gasteiger partial charge in [-0.3, -0.25) is 4.79 Å². The van der Waals surface area contributed by atoms with Crippen molar-refractivity contribution in [3.63, 3.8) is 0 Å². The van der Waals surface area contributed by atoms with Gasteiger partial charge in [-0.2, -0.15) is 0 Å². The fourth-order valence-electron chi connectivity index (χ4n) is 0.855. The zero-order valence-electron chi connectivity index (χ0n) is 6.88. The average molecular weight is 224 g/mol. The predicted molar refractivity (Wildman–Crippen MR) is 47.7 cm³/mol. The molecule has 0 aromatic rings. The number of alkyl halides is 1. The van der Waals surface area contributed by atoms with E-state index >= 15 is 0 Å². The van der Waals surface area contributed by atoms with Crippen molar-refractivity contribution < 1.29 is 9.90 Å². The molecule has 11 heavy (non-hydrogen) atoms. The Balaban J connectivity index is 3.98. The second-order valence-corrected chi connectivity index (χ2v) is 3.10. The number of rotatable bonds is 4. The smallest absolute Gasteiger partial charge is 0.233 e. The minimum absolute atomic E-state index is 0.0223. The lowest BCUT2D eigenvalue weighted by molar-refractivity contribution is -0.130. The van der Waals surface area contributed by atoms with Gasteiger partial charge in [-0.25, -0.2) is 0 Å². The summed E-state index contributed by atoms with van der Waals surface area (Å²) in [6.45, 7) is 4.30. The minimum Gasteiger partial charge on any atom is -0.395 e. The average Bonchev–Trinajstić information content (AvgIpc) is 1.98. The molecule has 0 heterocycles. The van der Waals surface area contributed by atoms with Gasteiger partial charge < -0.3 is 10.0 Å². The molecule has 4 heteroatoms. The zero-order chi connectivity index (χ0) is 8.85. The van der Waals surface area contributed by atoms with Crippen LogP contribution in [0, 0.1) is 0 Å². The van der Waals surface area contributed by atoms with E-state index in [0.717, 1.165) is 0 Å². The monoisotopic (exact) mass is 223 g/mol. The molecule has 0 aliphatic heterocycles. The van der Waals surface area contributed by atoms with Crippen LogP contribution in [0.1, 0.15) is 13.8 Å². The maximum atomic E-state index is 11.1. The highest BCUT2D eigenvalue weighted by molar-refractivity contribution is 9.09. The number of carbonyl (C=O) groups excluding carboxylic acids is 1. The Hall–Kier alpha value is -0.0900. The van der Waals surface area contributed by atoms with E-state index in [-0.39, 0.29) is 18.6 Å². The molecule has 0 unspecified atom stereocenters. The number of aliphatic hydroxyl groups excluding tert-OH is 1. The topological polar surface area (TPSA) is 40.5 Å². The van der Waals surface area contributed by atoms with Gasteiger partial charge in [0.15, 0.2) is 0 Å². The highest BCUT2D eigenvalue weighted by Crippen LogP contribution is 1.99. The van der Waals surface area contributed by atoms with Crippen LogP contribution in [0.4, 0.5) is 0 Å². The number of carbonyl (C=O) groups is 1. The summed E-state index contributed by atoms with van der Waals surface area (Å²) in [5.41, 5.74) is 0. The number of hydrogen-bond donors (Lipinski definition) is 1. The molecule has 0 aromatic carbocycles. The van der Waals surface area contributed by atoms with Crippen molar-refractivity contribution in [2.75, 3.05) is 18.5 Å². The molecule has 0 saturated carbocycles. The number of halogens is 1. The van der Waals surface area contributed by atoms with E-state index in [2.05, 4.69) is 15.9 Å². The van der Waals surface area contributed by atoms with Crippen molar-refractivity contribution in [3.05, 3.63) is 0 Å². The summed E-state index contributed by atoms with van der Waals surface area (Å²) in [7, 11) is 0. The lowest BCUT2D eigenvalue weighted by Crippen LogP contribution is -2.39. The van der Waals surface area contributed by atoms with Gasteiger partial charge in [0, 0.05) is 12.6 Å². The maximum Gasteiger partial charge on any atom is 0.233 e. The molecule has 0 radical (unpaired) electrons. The Morgan fingerprint density at radius 2 is 2.18 bits per heavy atom. The van der Waals surface area contributed by atoms with Gasteiger partial charge in [0.2, 0.25) is 5.91 Å². The summed E-state index contributed by atoms with van der Waals surface area (Å²) in [4.78, 5) is 12.7. The second-order valence-electron chi connectivity index (χ2n) is 2.54. The van der Waals surface area contributed by atoms with E-state index < -0.39 is 0 Å². The van der Waals surface area contributed by atoms with E-state index in [0.29, 0.717) is 11.9 Å². The third-order valence-corrected chi connectivity index (χ3v) is 1.88. The van der Waals surface area contributed by atoms with Crippen molar-refractivity contribution in [2.24, 2.45) is 0 Å². The standard InChI is InChI=1S/C7H14BrNO2/c1-6(2)9(3-4-10)7(11)5-8/h6,10H,3-5H2,1-2H3. The Kier molecular flexibility index (Phi) is 5.50. The van der Waals surface area contributed by atoms with E-state index in [1.54, 1.807) is 4.90 Å². The fraction of sp³-hybridized carbons (Fsp3) is 0.857. The molecule has 66 valence electrons. The summed E-state index contributed by atoms with van der Waals surface area (Å²) in [6.07, 6.45) is 0. The molecule has 0 aliphatic rings. The van der Waals surface area contributed by atoms with Crippen LogP contribution in [-0.4, -0.2) is 40.4 Å². The number of hydrogen-bond acceptors (Lipinski definition) is 2. The van der Waals surface area contributed by atoms with Crippen LogP contribution in [0.2, 0.25) is 0 Å². The minimum atomic E-state index is 0.0223. The number of amides is 1. The predicted octanol–water partition coefficient (Wildman–Crippen LogP) is 0.611. The summed E-state index contributed by atoms with van der Waals surface area (Å²) in [6, 6.07) is 0.159. The maximum absolute atomic E-state index is 11.1. The first-order valence-electron chi connectivity index (χ1n) is 3.59. The van der Waals surface area contributed by atoms with Gasteiger partial charge in [-0.05, 0) is 13.8 Å². The lowest BCUT2D eigenvalue weighted by atomic mass is 10.3. The molecule has 1 amide bonds. The molecule has 1 N–H and O–H groups in total. The summed E-state index contributed by atoms with van der Waals surface area (Å²) < 4.78 is 0. The molecule has 0 spiro atoms. The van der Waals surface area contributed by atoms with E-state index in [9.17, 15) is 4.79 Å². The Morgan fingerprint density at radius 3 is 2.45 bits per heavy atom. The van der Waals surface area contributed by atoms with Crippen molar-refractivity contribution >= 4 is 21.8 Å². The molecule has 0 bridgehead atoms.